The number of pyridine rings is 1. The van der Waals surface area contributed by atoms with Gasteiger partial charge in [-0.2, -0.15) is 0 Å². The van der Waals surface area contributed by atoms with E-state index in [1.165, 1.54) is 13.2 Å². The molecule has 0 spiro atoms. The van der Waals surface area contributed by atoms with Crippen LogP contribution < -0.4 is 9.64 Å². The van der Waals surface area contributed by atoms with Gasteiger partial charge in [0, 0.05) is 43.7 Å². The van der Waals surface area contributed by atoms with E-state index in [1.54, 1.807) is 6.07 Å². The van der Waals surface area contributed by atoms with Crippen LogP contribution in [0.2, 0.25) is 0 Å². The lowest BCUT2D eigenvalue weighted by Gasteiger charge is -2.37. The minimum atomic E-state index is -0.371. The molecule has 0 N–H and O–H groups in total. The van der Waals surface area contributed by atoms with Crippen molar-refractivity contribution < 1.29 is 9.13 Å². The van der Waals surface area contributed by atoms with Crippen molar-refractivity contribution in [3.8, 4) is 5.75 Å². The number of rotatable bonds is 3. The van der Waals surface area contributed by atoms with Crippen molar-refractivity contribution in [2.75, 3.05) is 38.2 Å². The molecule has 0 atom stereocenters. The van der Waals surface area contributed by atoms with Crippen LogP contribution in [0.4, 0.5) is 10.2 Å². The van der Waals surface area contributed by atoms with E-state index in [4.69, 9.17) is 4.74 Å². The minimum Gasteiger partial charge on any atom is -0.494 e. The van der Waals surface area contributed by atoms with Crippen molar-refractivity contribution in [2.24, 2.45) is 0 Å². The average Bonchev–Trinajstić information content (AvgIpc) is 2.53. The SMILES string of the molecule is COc1cc2ccc(N3CCN(C(C)C)CC3)nc2cc1F. The molecule has 1 saturated heterocycles. The normalized spacial score (nSPS) is 16.5. The molecule has 2 aromatic rings. The summed E-state index contributed by atoms with van der Waals surface area (Å²) in [5.41, 5.74) is 0.669. The summed E-state index contributed by atoms with van der Waals surface area (Å²) in [4.78, 5) is 9.34. The number of anilines is 1. The molecule has 2 heterocycles. The van der Waals surface area contributed by atoms with E-state index >= 15 is 0 Å². The number of hydrogen-bond acceptors (Lipinski definition) is 4. The molecule has 5 heteroatoms. The summed E-state index contributed by atoms with van der Waals surface area (Å²) < 4.78 is 18.9. The maximum absolute atomic E-state index is 13.8. The molecule has 3 rings (SSSR count). The molecule has 1 fully saturated rings. The van der Waals surface area contributed by atoms with Crippen LogP contribution in [0.3, 0.4) is 0 Å². The Kier molecular flexibility index (Phi) is 4.16. The highest BCUT2D eigenvalue weighted by Crippen LogP contribution is 2.26. The molecule has 1 aromatic carbocycles. The Labute approximate surface area is 130 Å². The molecule has 0 bridgehead atoms. The molecule has 4 nitrogen and oxygen atoms in total. The number of aromatic nitrogens is 1. The topological polar surface area (TPSA) is 28.6 Å². The largest absolute Gasteiger partial charge is 0.494 e. The second kappa shape index (κ2) is 6.08. The third kappa shape index (κ3) is 2.86. The molecule has 22 heavy (non-hydrogen) atoms. The summed E-state index contributed by atoms with van der Waals surface area (Å²) >= 11 is 0. The summed E-state index contributed by atoms with van der Waals surface area (Å²) in [5, 5.41) is 0.891. The molecule has 0 radical (unpaired) electrons. The van der Waals surface area contributed by atoms with Gasteiger partial charge in [0.2, 0.25) is 0 Å². The van der Waals surface area contributed by atoms with Crippen LogP contribution in [-0.4, -0.2) is 49.2 Å². The molecular weight excluding hydrogens is 281 g/mol. The van der Waals surface area contributed by atoms with Crippen LogP contribution >= 0.6 is 0 Å². The molecule has 118 valence electrons. The highest BCUT2D eigenvalue weighted by molar-refractivity contribution is 5.82. The first-order valence-corrected chi connectivity index (χ1v) is 7.72. The Morgan fingerprint density at radius 1 is 1.14 bits per heavy atom. The third-order valence-electron chi connectivity index (χ3n) is 4.32. The standard InChI is InChI=1S/C17H22FN3O/c1-12(2)20-6-8-21(9-7-20)17-5-4-13-10-16(22-3)14(18)11-15(13)19-17/h4-5,10-12H,6-9H2,1-3H3. The van der Waals surface area contributed by atoms with Gasteiger partial charge in [-0.1, -0.05) is 0 Å². The number of fused-ring (bicyclic) bond motifs is 1. The fourth-order valence-electron chi connectivity index (χ4n) is 2.91. The third-order valence-corrected chi connectivity index (χ3v) is 4.32. The quantitative estimate of drug-likeness (QED) is 0.872. The van der Waals surface area contributed by atoms with Crippen LogP contribution in [0.15, 0.2) is 24.3 Å². The smallest absolute Gasteiger partial charge is 0.167 e. The first-order chi connectivity index (χ1) is 10.6. The lowest BCUT2D eigenvalue weighted by atomic mass is 10.2. The second-order valence-corrected chi connectivity index (χ2v) is 5.97. The zero-order chi connectivity index (χ0) is 15.7. The molecule has 1 aliphatic rings. The van der Waals surface area contributed by atoms with Crippen LogP contribution in [0, 0.1) is 5.82 Å². The maximum atomic E-state index is 13.8. The van der Waals surface area contributed by atoms with Crippen molar-refractivity contribution in [3.05, 3.63) is 30.1 Å². The van der Waals surface area contributed by atoms with Gasteiger partial charge in [0.05, 0.1) is 12.6 Å². The van der Waals surface area contributed by atoms with E-state index < -0.39 is 0 Å². The highest BCUT2D eigenvalue weighted by Gasteiger charge is 2.20. The molecule has 0 aliphatic carbocycles. The summed E-state index contributed by atoms with van der Waals surface area (Å²) in [6.07, 6.45) is 0. The Morgan fingerprint density at radius 3 is 2.50 bits per heavy atom. The highest BCUT2D eigenvalue weighted by atomic mass is 19.1. The van der Waals surface area contributed by atoms with Crippen molar-refractivity contribution in [1.29, 1.82) is 0 Å². The fourth-order valence-corrected chi connectivity index (χ4v) is 2.91. The van der Waals surface area contributed by atoms with Crippen LogP contribution in [-0.2, 0) is 0 Å². The Hall–Kier alpha value is -1.88. The van der Waals surface area contributed by atoms with Crippen LogP contribution in [0.5, 0.6) is 5.75 Å². The number of methoxy groups -OCH3 is 1. The van der Waals surface area contributed by atoms with Crippen molar-refractivity contribution in [1.82, 2.24) is 9.88 Å². The van der Waals surface area contributed by atoms with Gasteiger partial charge in [-0.3, -0.25) is 4.90 Å². The monoisotopic (exact) mass is 303 g/mol. The van der Waals surface area contributed by atoms with E-state index in [9.17, 15) is 4.39 Å². The van der Waals surface area contributed by atoms with Gasteiger partial charge in [-0.25, -0.2) is 9.37 Å². The summed E-state index contributed by atoms with van der Waals surface area (Å²) in [5.74, 6) is 0.803. The zero-order valence-corrected chi connectivity index (χ0v) is 13.3. The van der Waals surface area contributed by atoms with Gasteiger partial charge in [-0.05, 0) is 32.0 Å². The fraction of sp³-hybridized carbons (Fsp3) is 0.471. The number of benzene rings is 1. The molecule has 1 aromatic heterocycles. The zero-order valence-electron chi connectivity index (χ0n) is 13.3. The molecule has 0 amide bonds. The first kappa shape index (κ1) is 15.0. The van der Waals surface area contributed by atoms with Gasteiger partial charge < -0.3 is 9.64 Å². The van der Waals surface area contributed by atoms with Gasteiger partial charge in [0.25, 0.3) is 0 Å². The predicted molar refractivity (Wildman–Crippen MR) is 87.2 cm³/mol. The van der Waals surface area contributed by atoms with Gasteiger partial charge in [0.1, 0.15) is 5.82 Å². The van der Waals surface area contributed by atoms with Crippen molar-refractivity contribution >= 4 is 16.7 Å². The Bertz CT molecular complexity index is 666. The predicted octanol–water partition coefficient (Wildman–Crippen LogP) is 2.91. The van der Waals surface area contributed by atoms with Crippen molar-refractivity contribution in [3.63, 3.8) is 0 Å². The molecule has 0 saturated carbocycles. The van der Waals surface area contributed by atoms with Gasteiger partial charge in [-0.15, -0.1) is 0 Å². The molecule has 1 aliphatic heterocycles. The summed E-state index contributed by atoms with van der Waals surface area (Å²) in [6.45, 7) is 8.42. The average molecular weight is 303 g/mol. The van der Waals surface area contributed by atoms with Crippen LogP contribution in [0.25, 0.3) is 10.9 Å². The van der Waals surface area contributed by atoms with Crippen molar-refractivity contribution in [2.45, 2.75) is 19.9 Å². The van der Waals surface area contributed by atoms with Gasteiger partial charge in [0.15, 0.2) is 11.6 Å². The number of halogens is 1. The second-order valence-electron chi connectivity index (χ2n) is 5.97. The number of hydrogen-bond donors (Lipinski definition) is 0. The lowest BCUT2D eigenvalue weighted by molar-refractivity contribution is 0.209. The number of nitrogens with zero attached hydrogens (tertiary/aromatic N) is 3. The minimum absolute atomic E-state index is 0.257. The lowest BCUT2D eigenvalue weighted by Crippen LogP contribution is -2.49. The van der Waals surface area contributed by atoms with E-state index in [-0.39, 0.29) is 11.6 Å². The maximum Gasteiger partial charge on any atom is 0.167 e. The number of ether oxygens (including phenoxy) is 1. The molecule has 0 unspecified atom stereocenters. The first-order valence-electron chi connectivity index (χ1n) is 7.72. The Balaban J connectivity index is 1.83. The van der Waals surface area contributed by atoms with E-state index in [1.807, 2.05) is 12.1 Å². The summed E-state index contributed by atoms with van der Waals surface area (Å²) in [7, 11) is 1.47. The Morgan fingerprint density at radius 2 is 1.86 bits per heavy atom. The van der Waals surface area contributed by atoms with E-state index in [2.05, 4.69) is 28.6 Å². The number of piperazine rings is 1. The summed E-state index contributed by atoms with van der Waals surface area (Å²) in [6, 6.07) is 7.70. The van der Waals surface area contributed by atoms with E-state index in [0.717, 1.165) is 37.4 Å². The van der Waals surface area contributed by atoms with Crippen LogP contribution in [0.1, 0.15) is 13.8 Å². The molecular formula is C17H22FN3O. The van der Waals surface area contributed by atoms with E-state index in [0.29, 0.717) is 11.6 Å². The van der Waals surface area contributed by atoms with Gasteiger partial charge >= 0.3 is 0 Å².